The fourth-order valence-electron chi connectivity index (χ4n) is 3.18. The molecule has 0 aliphatic rings. The van der Waals surface area contributed by atoms with E-state index in [-0.39, 0.29) is 0 Å². The van der Waals surface area contributed by atoms with Crippen LogP contribution in [0.1, 0.15) is 11.1 Å². The Balaban J connectivity index is 1.71. The number of nitrogens with zero attached hydrogens (tertiary/aromatic N) is 6. The average molecular weight is 340 g/mol. The third kappa shape index (κ3) is 2.27. The zero-order valence-electron chi connectivity index (χ0n) is 14.5. The van der Waals surface area contributed by atoms with E-state index < -0.39 is 0 Å². The molecule has 0 saturated carbocycles. The minimum absolute atomic E-state index is 0.686. The Morgan fingerprint density at radius 3 is 2.50 bits per heavy atom. The van der Waals surface area contributed by atoms with E-state index in [1.165, 1.54) is 11.1 Å². The largest absolute Gasteiger partial charge is 0.216 e. The normalized spacial score (nSPS) is 11.5. The van der Waals surface area contributed by atoms with E-state index in [9.17, 15) is 0 Å². The van der Waals surface area contributed by atoms with Crippen LogP contribution in [-0.2, 0) is 0 Å². The topological polar surface area (TPSA) is 60.9 Å². The summed E-state index contributed by atoms with van der Waals surface area (Å²) in [5, 5.41) is 9.98. The summed E-state index contributed by atoms with van der Waals surface area (Å²) in [5.74, 6) is 0.686. The lowest BCUT2D eigenvalue weighted by Crippen LogP contribution is -1.99. The van der Waals surface area contributed by atoms with Crippen molar-refractivity contribution >= 4 is 16.7 Å². The molecule has 5 rings (SSSR count). The van der Waals surface area contributed by atoms with Crippen LogP contribution >= 0.6 is 0 Å². The lowest BCUT2D eigenvalue weighted by Gasteiger charge is -2.03. The van der Waals surface area contributed by atoms with Crippen molar-refractivity contribution in [2.75, 3.05) is 0 Å². The summed E-state index contributed by atoms with van der Waals surface area (Å²) in [6.45, 7) is 4.12. The van der Waals surface area contributed by atoms with E-state index in [1.807, 2.05) is 28.9 Å². The van der Waals surface area contributed by atoms with Crippen molar-refractivity contribution in [3.8, 4) is 17.1 Å². The van der Waals surface area contributed by atoms with Gasteiger partial charge in [0.25, 0.3) is 0 Å². The molecule has 5 aromatic rings. The maximum atomic E-state index is 4.74. The molecule has 0 unspecified atom stereocenters. The molecule has 3 aromatic heterocycles. The van der Waals surface area contributed by atoms with Gasteiger partial charge in [-0.05, 0) is 37.6 Å². The minimum Gasteiger partial charge on any atom is -0.216 e. The van der Waals surface area contributed by atoms with Crippen molar-refractivity contribution in [1.82, 2.24) is 29.4 Å². The highest BCUT2D eigenvalue weighted by Gasteiger charge is 2.14. The Morgan fingerprint density at radius 2 is 1.69 bits per heavy atom. The smallest absolute Gasteiger partial charge is 0.182 e. The fraction of sp³-hybridized carbons (Fsp3) is 0.100. The number of fused-ring (bicyclic) bond motifs is 3. The maximum Gasteiger partial charge on any atom is 0.182 e. The lowest BCUT2D eigenvalue weighted by atomic mass is 10.1. The highest BCUT2D eigenvalue weighted by atomic mass is 15.3. The van der Waals surface area contributed by atoms with Gasteiger partial charge in [0.2, 0.25) is 0 Å². The van der Waals surface area contributed by atoms with Crippen molar-refractivity contribution in [3.63, 3.8) is 0 Å². The summed E-state index contributed by atoms with van der Waals surface area (Å²) < 4.78 is 3.55. The predicted octanol–water partition coefficient (Wildman–Crippen LogP) is 3.75. The summed E-state index contributed by atoms with van der Waals surface area (Å²) in [6.07, 6.45) is 3.49. The molecule has 26 heavy (non-hydrogen) atoms. The summed E-state index contributed by atoms with van der Waals surface area (Å²) in [6, 6.07) is 16.4. The van der Waals surface area contributed by atoms with Crippen LogP contribution in [0.15, 0.2) is 61.1 Å². The molecule has 0 radical (unpaired) electrons. The third-order valence-electron chi connectivity index (χ3n) is 4.43. The third-order valence-corrected chi connectivity index (χ3v) is 4.43. The highest BCUT2D eigenvalue weighted by Crippen LogP contribution is 2.23. The Hall–Kier alpha value is -3.54. The zero-order chi connectivity index (χ0) is 17.7. The van der Waals surface area contributed by atoms with Gasteiger partial charge in [0, 0.05) is 5.56 Å². The van der Waals surface area contributed by atoms with Gasteiger partial charge in [-0.15, -0.1) is 5.10 Å². The van der Waals surface area contributed by atoms with Crippen molar-refractivity contribution in [2.45, 2.75) is 13.8 Å². The van der Waals surface area contributed by atoms with Gasteiger partial charge in [0.05, 0.1) is 17.3 Å². The van der Waals surface area contributed by atoms with Gasteiger partial charge in [-0.3, -0.25) is 0 Å². The van der Waals surface area contributed by atoms with Crippen LogP contribution in [0, 0.1) is 13.8 Å². The molecular weight excluding hydrogens is 324 g/mol. The van der Waals surface area contributed by atoms with Crippen molar-refractivity contribution < 1.29 is 0 Å². The van der Waals surface area contributed by atoms with Gasteiger partial charge in [-0.2, -0.15) is 5.10 Å². The molecule has 0 atom stereocenters. The Labute approximate surface area is 149 Å². The van der Waals surface area contributed by atoms with Crippen molar-refractivity contribution in [3.05, 3.63) is 72.2 Å². The van der Waals surface area contributed by atoms with Crippen LogP contribution in [0.2, 0.25) is 0 Å². The number of aromatic nitrogens is 6. The second-order valence-corrected chi connectivity index (χ2v) is 6.45. The maximum absolute atomic E-state index is 4.74. The first-order valence-electron chi connectivity index (χ1n) is 8.42. The standard InChI is InChI=1S/C20H16N6/c1-13-5-3-7-15(9-13)18-23-20-17-11-22-26(16-8-4-6-14(2)10-16)19(17)21-12-25(20)24-18/h3-12H,1-2H3. The first-order valence-corrected chi connectivity index (χ1v) is 8.42. The van der Waals surface area contributed by atoms with E-state index in [0.717, 1.165) is 27.9 Å². The monoisotopic (exact) mass is 340 g/mol. The van der Waals surface area contributed by atoms with Crippen LogP contribution in [-0.4, -0.2) is 29.4 Å². The molecule has 0 bridgehead atoms. The summed E-state index contributed by atoms with van der Waals surface area (Å²) in [4.78, 5) is 9.30. The van der Waals surface area contributed by atoms with E-state index >= 15 is 0 Å². The number of hydrogen-bond acceptors (Lipinski definition) is 4. The highest BCUT2D eigenvalue weighted by molar-refractivity contribution is 5.90. The molecule has 3 heterocycles. The van der Waals surface area contributed by atoms with Gasteiger partial charge < -0.3 is 0 Å². The van der Waals surface area contributed by atoms with Crippen LogP contribution < -0.4 is 0 Å². The van der Waals surface area contributed by atoms with Crippen molar-refractivity contribution in [2.24, 2.45) is 0 Å². The lowest BCUT2D eigenvalue weighted by molar-refractivity contribution is 0.881. The molecule has 0 aliphatic carbocycles. The molecule has 0 amide bonds. The first kappa shape index (κ1) is 14.8. The number of benzene rings is 2. The molecule has 126 valence electrons. The molecule has 2 aromatic carbocycles. The molecule has 0 aliphatic heterocycles. The number of rotatable bonds is 2. The number of aryl methyl sites for hydroxylation is 2. The quantitative estimate of drug-likeness (QED) is 0.491. The van der Waals surface area contributed by atoms with Gasteiger partial charge in [0.15, 0.2) is 17.1 Å². The molecule has 0 fully saturated rings. The molecule has 0 saturated heterocycles. The van der Waals surface area contributed by atoms with Crippen molar-refractivity contribution in [1.29, 1.82) is 0 Å². The summed E-state index contributed by atoms with van der Waals surface area (Å²) in [7, 11) is 0. The second-order valence-electron chi connectivity index (χ2n) is 6.45. The predicted molar refractivity (Wildman–Crippen MR) is 100 cm³/mol. The Kier molecular flexibility index (Phi) is 3.12. The first-order chi connectivity index (χ1) is 12.7. The Bertz CT molecular complexity index is 1260. The van der Waals surface area contributed by atoms with E-state index in [1.54, 1.807) is 17.0 Å². The molecule has 0 N–H and O–H groups in total. The van der Waals surface area contributed by atoms with Gasteiger partial charge in [-0.25, -0.2) is 19.2 Å². The minimum atomic E-state index is 0.686. The molecular formula is C20H16N6. The van der Waals surface area contributed by atoms with Crippen LogP contribution in [0.5, 0.6) is 0 Å². The molecule has 0 spiro atoms. The SMILES string of the molecule is Cc1cccc(-c2nc3c4cnn(-c5cccc(C)c5)c4ncn3n2)c1. The number of hydrogen-bond donors (Lipinski definition) is 0. The molecule has 6 nitrogen and oxygen atoms in total. The van der Waals surface area contributed by atoms with E-state index in [2.05, 4.69) is 53.3 Å². The molecule has 6 heteroatoms. The van der Waals surface area contributed by atoms with Crippen LogP contribution in [0.3, 0.4) is 0 Å². The summed E-state index contributed by atoms with van der Waals surface area (Å²) >= 11 is 0. The zero-order valence-corrected chi connectivity index (χ0v) is 14.5. The van der Waals surface area contributed by atoms with Crippen LogP contribution in [0.4, 0.5) is 0 Å². The second kappa shape index (κ2) is 5.49. The Morgan fingerprint density at radius 1 is 0.885 bits per heavy atom. The van der Waals surface area contributed by atoms with E-state index in [0.29, 0.717) is 5.82 Å². The fourth-order valence-corrected chi connectivity index (χ4v) is 3.18. The van der Waals surface area contributed by atoms with Gasteiger partial charge in [0.1, 0.15) is 6.33 Å². The van der Waals surface area contributed by atoms with E-state index in [4.69, 9.17) is 4.98 Å². The van der Waals surface area contributed by atoms with Gasteiger partial charge >= 0.3 is 0 Å². The average Bonchev–Trinajstić information content (AvgIpc) is 3.25. The summed E-state index contributed by atoms with van der Waals surface area (Å²) in [5.41, 5.74) is 5.85. The van der Waals surface area contributed by atoms with Gasteiger partial charge in [-0.1, -0.05) is 35.9 Å². The van der Waals surface area contributed by atoms with Crippen LogP contribution in [0.25, 0.3) is 33.8 Å².